The molecule has 0 aromatic carbocycles. The van der Waals surface area contributed by atoms with Gasteiger partial charge in [-0.15, -0.1) is 0 Å². The van der Waals surface area contributed by atoms with Gasteiger partial charge in [-0.25, -0.2) is 0 Å². The topological polar surface area (TPSA) is 12.9 Å². The quantitative estimate of drug-likeness (QED) is 0.567. The van der Waals surface area contributed by atoms with Crippen molar-refractivity contribution in [1.82, 2.24) is 4.37 Å². The average molecular weight is 163 g/mol. The summed E-state index contributed by atoms with van der Waals surface area (Å²) in [6.07, 6.45) is 1.63. The lowest BCUT2D eigenvalue weighted by molar-refractivity contribution is 1.57. The van der Waals surface area contributed by atoms with E-state index >= 15 is 0 Å². The molecule has 1 nitrogen and oxygen atoms in total. The van der Waals surface area contributed by atoms with E-state index in [-0.39, 0.29) is 0 Å². The minimum absolute atomic E-state index is 0.961. The van der Waals surface area contributed by atoms with Crippen molar-refractivity contribution in [1.29, 1.82) is 0 Å². The molecule has 1 radical (unpaired) electrons. The fraction of sp³-hybridized carbons (Fsp3) is 0. The highest BCUT2D eigenvalue weighted by Gasteiger charge is 1.80. The largest absolute Gasteiger partial charge is 0.199 e. The Morgan fingerprint density at radius 2 is 2.83 bits per heavy atom. The van der Waals surface area contributed by atoms with E-state index in [4.69, 9.17) is 0 Å². The van der Waals surface area contributed by atoms with Gasteiger partial charge in [-0.2, -0.15) is 4.37 Å². The smallest absolute Gasteiger partial charge is 0.0984 e. The van der Waals surface area contributed by atoms with Crippen molar-refractivity contribution in [2.75, 3.05) is 0 Å². The predicted molar refractivity (Wildman–Crippen MR) is 28.6 cm³/mol. The van der Waals surface area contributed by atoms with Crippen LogP contribution in [0.25, 0.3) is 0 Å². The van der Waals surface area contributed by atoms with Crippen LogP contribution in [-0.4, -0.2) is 4.37 Å². The van der Waals surface area contributed by atoms with Crippen LogP contribution in [0.4, 0.5) is 0 Å². The number of rotatable bonds is 0. The van der Waals surface area contributed by atoms with Crippen LogP contribution in [0.2, 0.25) is 0 Å². The summed E-state index contributed by atoms with van der Waals surface area (Å²) in [6, 6.07) is 2.82. The maximum Gasteiger partial charge on any atom is 0.0984 e. The third-order valence-corrected chi connectivity index (χ3v) is 1.52. The molecule has 0 fully saturated rings. The molecule has 0 saturated carbocycles. The summed E-state index contributed by atoms with van der Waals surface area (Å²) in [5.74, 6) is 0. The highest BCUT2D eigenvalue weighted by molar-refractivity contribution is 9.11. The molecule has 0 spiro atoms. The molecule has 0 N–H and O–H groups in total. The molecule has 31 valence electrons. The Morgan fingerprint density at radius 3 is 3.00 bits per heavy atom. The zero-order valence-corrected chi connectivity index (χ0v) is 5.21. The van der Waals surface area contributed by atoms with Crippen molar-refractivity contribution in [2.45, 2.75) is 0 Å². The molecule has 1 heterocycles. The molecule has 3 heteroatoms. The number of hydrogen-bond donors (Lipinski definition) is 0. The van der Waals surface area contributed by atoms with Crippen LogP contribution in [0.15, 0.2) is 9.98 Å². The first-order valence-corrected chi connectivity index (χ1v) is 2.94. The van der Waals surface area contributed by atoms with E-state index in [0.29, 0.717) is 0 Å². The molecule has 0 saturated heterocycles. The first-order chi connectivity index (χ1) is 2.89. The molecule has 0 aliphatic heterocycles. The van der Waals surface area contributed by atoms with Gasteiger partial charge < -0.3 is 0 Å². The molecule has 0 bridgehead atoms. The first kappa shape index (κ1) is 4.27. The second kappa shape index (κ2) is 1.71. The van der Waals surface area contributed by atoms with Gasteiger partial charge in [-0.3, -0.25) is 0 Å². The molecule has 6 heavy (non-hydrogen) atoms. The highest BCUT2D eigenvalue weighted by atomic mass is 79.9. The summed E-state index contributed by atoms with van der Waals surface area (Å²) in [4.78, 5) is 0. The van der Waals surface area contributed by atoms with Gasteiger partial charge in [0, 0.05) is 12.3 Å². The summed E-state index contributed by atoms with van der Waals surface area (Å²) in [7, 11) is 0. The zero-order chi connectivity index (χ0) is 4.41. The van der Waals surface area contributed by atoms with Crippen molar-refractivity contribution >= 4 is 27.5 Å². The van der Waals surface area contributed by atoms with Crippen LogP contribution in [0.5, 0.6) is 0 Å². The number of aromatic nitrogens is 1. The molecule has 1 aromatic rings. The molecule has 0 atom stereocenters. The van der Waals surface area contributed by atoms with Crippen molar-refractivity contribution < 1.29 is 0 Å². The normalized spacial score (nSPS) is 8.83. The van der Waals surface area contributed by atoms with E-state index in [1.807, 2.05) is 0 Å². The Hall–Kier alpha value is 0.110. The monoisotopic (exact) mass is 162 g/mol. The van der Waals surface area contributed by atoms with Crippen molar-refractivity contribution in [2.24, 2.45) is 0 Å². The van der Waals surface area contributed by atoms with Gasteiger partial charge in [0.05, 0.1) is 3.79 Å². The molecular weight excluding hydrogens is 162 g/mol. The summed E-state index contributed by atoms with van der Waals surface area (Å²) in [5.41, 5.74) is 0. The zero-order valence-electron chi connectivity index (χ0n) is 2.81. The lowest BCUT2D eigenvalue weighted by Gasteiger charge is -1.58. The average Bonchev–Trinajstić information content (AvgIpc) is 1.86. The van der Waals surface area contributed by atoms with Crippen LogP contribution in [0.1, 0.15) is 0 Å². The second-order valence-electron chi connectivity index (χ2n) is 0.744. The summed E-state index contributed by atoms with van der Waals surface area (Å²) < 4.78 is 4.72. The lowest BCUT2D eigenvalue weighted by atomic mass is 10.8. The minimum Gasteiger partial charge on any atom is -0.199 e. The van der Waals surface area contributed by atoms with Gasteiger partial charge in [-0.1, -0.05) is 0 Å². The fourth-order valence-electron chi connectivity index (χ4n) is 0.176. The lowest BCUT2D eigenvalue weighted by Crippen LogP contribution is -1.34. The van der Waals surface area contributed by atoms with Crippen LogP contribution in [0, 0.1) is 6.07 Å². The standard InChI is InChI=1S/C3HBrNS/c4-3-1-2-5-6-3/h2H. The molecule has 0 aliphatic rings. The van der Waals surface area contributed by atoms with Crippen molar-refractivity contribution in [3.63, 3.8) is 0 Å². The van der Waals surface area contributed by atoms with E-state index in [1.54, 1.807) is 6.20 Å². The third kappa shape index (κ3) is 0.786. The van der Waals surface area contributed by atoms with Gasteiger partial charge in [0.2, 0.25) is 0 Å². The van der Waals surface area contributed by atoms with Crippen molar-refractivity contribution in [3.05, 3.63) is 16.0 Å². The summed E-state index contributed by atoms with van der Waals surface area (Å²) in [5, 5.41) is 0. The van der Waals surface area contributed by atoms with E-state index < -0.39 is 0 Å². The van der Waals surface area contributed by atoms with Crippen LogP contribution >= 0.6 is 27.5 Å². The van der Waals surface area contributed by atoms with Crippen LogP contribution in [0.3, 0.4) is 0 Å². The maximum absolute atomic E-state index is 3.76. The predicted octanol–water partition coefficient (Wildman–Crippen LogP) is 1.71. The van der Waals surface area contributed by atoms with Gasteiger partial charge in [0.25, 0.3) is 0 Å². The number of hydrogen-bond acceptors (Lipinski definition) is 2. The van der Waals surface area contributed by atoms with E-state index in [1.165, 1.54) is 11.5 Å². The minimum atomic E-state index is 0.961. The first-order valence-electron chi connectivity index (χ1n) is 1.37. The Morgan fingerprint density at radius 1 is 2.00 bits per heavy atom. The van der Waals surface area contributed by atoms with E-state index in [0.717, 1.165) is 3.79 Å². The Labute approximate surface area is 48.3 Å². The van der Waals surface area contributed by atoms with Gasteiger partial charge in [0.1, 0.15) is 0 Å². The van der Waals surface area contributed by atoms with Gasteiger partial charge in [-0.05, 0) is 27.5 Å². The highest BCUT2D eigenvalue weighted by Crippen LogP contribution is 2.10. The van der Waals surface area contributed by atoms with E-state index in [2.05, 4.69) is 26.4 Å². The maximum atomic E-state index is 3.76. The second-order valence-corrected chi connectivity index (χ2v) is 2.86. The van der Waals surface area contributed by atoms with E-state index in [9.17, 15) is 0 Å². The fourth-order valence-corrected chi connectivity index (χ4v) is 0.833. The Balaban J connectivity index is 3.05. The summed E-state index contributed by atoms with van der Waals surface area (Å²) >= 11 is 4.57. The Kier molecular flexibility index (Phi) is 1.22. The van der Waals surface area contributed by atoms with Crippen LogP contribution < -0.4 is 0 Å². The van der Waals surface area contributed by atoms with Gasteiger partial charge in [0.15, 0.2) is 0 Å². The molecule has 0 unspecified atom stereocenters. The van der Waals surface area contributed by atoms with Crippen LogP contribution in [-0.2, 0) is 0 Å². The molecule has 0 aliphatic carbocycles. The number of nitrogens with zero attached hydrogens (tertiary/aromatic N) is 1. The molecular formula is C3HBrNS. The van der Waals surface area contributed by atoms with Gasteiger partial charge >= 0.3 is 0 Å². The SMILES string of the molecule is Brc1[c]cns1. The molecule has 1 aromatic heterocycles. The Bertz CT molecular complexity index is 114. The van der Waals surface area contributed by atoms with Crippen molar-refractivity contribution in [3.8, 4) is 0 Å². The number of halogens is 1. The summed E-state index contributed by atoms with van der Waals surface area (Å²) in [6.45, 7) is 0. The third-order valence-electron chi connectivity index (χ3n) is 0.364. The molecule has 1 rings (SSSR count). The molecule has 0 amide bonds.